The summed E-state index contributed by atoms with van der Waals surface area (Å²) < 4.78 is 6.17. The van der Waals surface area contributed by atoms with Crippen LogP contribution in [0.2, 0.25) is 0 Å². The number of ether oxygens (including phenoxy) is 1. The normalized spacial score (nSPS) is 26.7. The van der Waals surface area contributed by atoms with Crippen molar-refractivity contribution in [2.24, 2.45) is 5.92 Å². The first-order chi connectivity index (χ1) is 13.7. The Labute approximate surface area is 164 Å². The predicted octanol–water partition coefficient (Wildman–Crippen LogP) is 3.58. The number of benzene rings is 1. The van der Waals surface area contributed by atoms with Gasteiger partial charge in [0.2, 0.25) is 0 Å². The molecule has 1 aliphatic carbocycles. The molecule has 3 aliphatic rings. The summed E-state index contributed by atoms with van der Waals surface area (Å²) in [7, 11) is 0. The SMILES string of the molecule is O=C1C2=C(OC3CCCCC13)C(=O)N(Cc1ccccc1)C2c1ccncc1. The van der Waals surface area contributed by atoms with Crippen LogP contribution in [0.25, 0.3) is 0 Å². The van der Waals surface area contributed by atoms with Gasteiger partial charge in [-0.25, -0.2) is 0 Å². The lowest BCUT2D eigenvalue weighted by Gasteiger charge is -2.35. The van der Waals surface area contributed by atoms with Crippen molar-refractivity contribution in [2.45, 2.75) is 44.4 Å². The van der Waals surface area contributed by atoms with Gasteiger partial charge in [0, 0.05) is 18.9 Å². The minimum Gasteiger partial charge on any atom is -0.483 e. The van der Waals surface area contributed by atoms with Crippen LogP contribution in [0.3, 0.4) is 0 Å². The number of hydrogen-bond donors (Lipinski definition) is 0. The fraction of sp³-hybridized carbons (Fsp3) is 0.348. The third-order valence-electron chi connectivity index (χ3n) is 6.08. The number of aromatic nitrogens is 1. The minimum absolute atomic E-state index is 0.0941. The van der Waals surface area contributed by atoms with Gasteiger partial charge in [-0.05, 0) is 42.5 Å². The minimum atomic E-state index is -0.416. The maximum atomic E-state index is 13.4. The molecule has 2 aromatic rings. The molecular formula is C23H22N2O3. The van der Waals surface area contributed by atoms with E-state index in [1.54, 1.807) is 17.3 Å². The Hall–Kier alpha value is -2.95. The summed E-state index contributed by atoms with van der Waals surface area (Å²) in [4.78, 5) is 32.6. The van der Waals surface area contributed by atoms with E-state index in [-0.39, 0.29) is 29.5 Å². The highest BCUT2D eigenvalue weighted by Gasteiger charge is 2.51. The number of carbonyl (C=O) groups excluding carboxylic acids is 2. The first kappa shape index (κ1) is 17.2. The second-order valence-electron chi connectivity index (χ2n) is 7.76. The summed E-state index contributed by atoms with van der Waals surface area (Å²) in [5.74, 6) is 0.0573. The van der Waals surface area contributed by atoms with Crippen LogP contribution in [0.1, 0.15) is 42.9 Å². The average Bonchev–Trinajstić information content (AvgIpc) is 3.02. The Balaban J connectivity index is 1.58. The van der Waals surface area contributed by atoms with E-state index in [9.17, 15) is 9.59 Å². The van der Waals surface area contributed by atoms with Gasteiger partial charge in [-0.1, -0.05) is 36.8 Å². The highest BCUT2D eigenvalue weighted by molar-refractivity contribution is 6.11. The van der Waals surface area contributed by atoms with Gasteiger partial charge in [-0.3, -0.25) is 14.6 Å². The lowest BCUT2D eigenvalue weighted by Crippen LogP contribution is -2.39. The van der Waals surface area contributed by atoms with Crippen LogP contribution in [-0.2, 0) is 20.9 Å². The molecule has 0 spiro atoms. The second kappa shape index (κ2) is 6.89. The van der Waals surface area contributed by atoms with Crippen molar-refractivity contribution < 1.29 is 14.3 Å². The predicted molar refractivity (Wildman–Crippen MR) is 103 cm³/mol. The van der Waals surface area contributed by atoms with Gasteiger partial charge in [0.15, 0.2) is 11.5 Å². The van der Waals surface area contributed by atoms with Crippen LogP contribution in [0.4, 0.5) is 0 Å². The number of pyridine rings is 1. The number of nitrogens with zero attached hydrogens (tertiary/aromatic N) is 2. The molecule has 1 amide bonds. The van der Waals surface area contributed by atoms with E-state index in [0.717, 1.165) is 36.8 Å². The van der Waals surface area contributed by atoms with Crippen molar-refractivity contribution >= 4 is 11.7 Å². The fourth-order valence-electron chi connectivity index (χ4n) is 4.73. The highest BCUT2D eigenvalue weighted by Crippen LogP contribution is 2.47. The summed E-state index contributed by atoms with van der Waals surface area (Å²) in [6.07, 6.45) is 7.04. The van der Waals surface area contributed by atoms with Crippen LogP contribution >= 0.6 is 0 Å². The molecule has 0 radical (unpaired) electrons. The van der Waals surface area contributed by atoms with E-state index in [1.807, 2.05) is 42.5 Å². The van der Waals surface area contributed by atoms with E-state index >= 15 is 0 Å². The van der Waals surface area contributed by atoms with Gasteiger partial charge < -0.3 is 9.64 Å². The molecule has 3 unspecified atom stereocenters. The maximum absolute atomic E-state index is 13.4. The molecule has 0 N–H and O–H groups in total. The van der Waals surface area contributed by atoms with E-state index < -0.39 is 6.04 Å². The first-order valence-electron chi connectivity index (χ1n) is 9.94. The molecule has 3 heterocycles. The zero-order chi connectivity index (χ0) is 19.1. The van der Waals surface area contributed by atoms with Gasteiger partial charge in [-0.15, -0.1) is 0 Å². The molecule has 3 atom stereocenters. The molecule has 1 aromatic carbocycles. The number of ketones is 1. The standard InChI is InChI=1S/C23H22N2O3/c26-21-17-8-4-5-9-18(17)28-22-19(21)20(16-10-12-24-13-11-16)25(23(22)27)14-15-6-2-1-3-7-15/h1-3,6-7,10-13,17-18,20H,4-5,8-9,14H2. The van der Waals surface area contributed by atoms with E-state index in [4.69, 9.17) is 4.74 Å². The second-order valence-corrected chi connectivity index (χ2v) is 7.76. The topological polar surface area (TPSA) is 59.5 Å². The molecule has 1 fully saturated rings. The number of carbonyl (C=O) groups is 2. The van der Waals surface area contributed by atoms with Crippen LogP contribution < -0.4 is 0 Å². The quantitative estimate of drug-likeness (QED) is 0.824. The molecule has 5 nitrogen and oxygen atoms in total. The van der Waals surface area contributed by atoms with E-state index in [1.165, 1.54) is 0 Å². The van der Waals surface area contributed by atoms with Crippen LogP contribution in [0.15, 0.2) is 66.2 Å². The lowest BCUT2D eigenvalue weighted by atomic mass is 9.77. The largest absolute Gasteiger partial charge is 0.483 e. The van der Waals surface area contributed by atoms with Crippen LogP contribution in [0.5, 0.6) is 0 Å². The van der Waals surface area contributed by atoms with Crippen molar-refractivity contribution in [1.82, 2.24) is 9.88 Å². The van der Waals surface area contributed by atoms with Crippen molar-refractivity contribution in [3.05, 3.63) is 77.3 Å². The molecule has 5 heteroatoms. The lowest BCUT2D eigenvalue weighted by molar-refractivity contribution is -0.135. The molecule has 142 valence electrons. The number of hydrogen-bond acceptors (Lipinski definition) is 4. The average molecular weight is 374 g/mol. The zero-order valence-electron chi connectivity index (χ0n) is 15.6. The van der Waals surface area contributed by atoms with Gasteiger partial charge in [0.1, 0.15) is 6.10 Å². The van der Waals surface area contributed by atoms with E-state index in [0.29, 0.717) is 12.1 Å². The van der Waals surface area contributed by atoms with Crippen molar-refractivity contribution in [3.8, 4) is 0 Å². The molecule has 0 saturated heterocycles. The summed E-state index contributed by atoms with van der Waals surface area (Å²) in [5.41, 5.74) is 2.46. The fourth-order valence-corrected chi connectivity index (χ4v) is 4.73. The van der Waals surface area contributed by atoms with Gasteiger partial charge in [0.05, 0.1) is 17.5 Å². The summed E-state index contributed by atoms with van der Waals surface area (Å²) in [5, 5.41) is 0. The smallest absolute Gasteiger partial charge is 0.290 e. The van der Waals surface area contributed by atoms with Crippen LogP contribution in [0, 0.1) is 5.92 Å². The number of fused-ring (bicyclic) bond motifs is 1. The monoisotopic (exact) mass is 374 g/mol. The molecule has 2 aliphatic heterocycles. The number of amides is 1. The van der Waals surface area contributed by atoms with Crippen molar-refractivity contribution in [2.75, 3.05) is 0 Å². The molecule has 0 bridgehead atoms. The van der Waals surface area contributed by atoms with Crippen LogP contribution in [-0.4, -0.2) is 27.7 Å². The molecule has 28 heavy (non-hydrogen) atoms. The number of rotatable bonds is 3. The molecule has 1 saturated carbocycles. The first-order valence-corrected chi connectivity index (χ1v) is 9.94. The van der Waals surface area contributed by atoms with Gasteiger partial charge >= 0.3 is 0 Å². The summed E-state index contributed by atoms with van der Waals surface area (Å²) in [6.45, 7) is 0.436. The van der Waals surface area contributed by atoms with Gasteiger partial charge in [0.25, 0.3) is 5.91 Å². The maximum Gasteiger partial charge on any atom is 0.290 e. The van der Waals surface area contributed by atoms with Crippen molar-refractivity contribution in [3.63, 3.8) is 0 Å². The zero-order valence-corrected chi connectivity index (χ0v) is 15.6. The Morgan fingerprint density at radius 1 is 1.00 bits per heavy atom. The molecular weight excluding hydrogens is 352 g/mol. The Morgan fingerprint density at radius 3 is 2.54 bits per heavy atom. The van der Waals surface area contributed by atoms with E-state index in [2.05, 4.69) is 4.98 Å². The highest BCUT2D eigenvalue weighted by atomic mass is 16.5. The third kappa shape index (κ3) is 2.73. The molecule has 1 aromatic heterocycles. The molecule has 5 rings (SSSR count). The summed E-state index contributed by atoms with van der Waals surface area (Å²) in [6, 6.07) is 13.2. The Bertz CT molecular complexity index is 939. The third-order valence-corrected chi connectivity index (χ3v) is 6.08. The Kier molecular flexibility index (Phi) is 4.23. The summed E-state index contributed by atoms with van der Waals surface area (Å²) >= 11 is 0. The Morgan fingerprint density at radius 2 is 1.75 bits per heavy atom. The number of Topliss-reactive ketones (excluding diaryl/α,β-unsaturated/α-hetero) is 1. The van der Waals surface area contributed by atoms with Gasteiger partial charge in [-0.2, -0.15) is 0 Å². The van der Waals surface area contributed by atoms with Crippen molar-refractivity contribution in [1.29, 1.82) is 0 Å².